The molecule has 37 heavy (non-hydrogen) atoms. The zero-order valence-electron chi connectivity index (χ0n) is 21.3. The van der Waals surface area contributed by atoms with Crippen molar-refractivity contribution in [1.29, 1.82) is 0 Å². The summed E-state index contributed by atoms with van der Waals surface area (Å²) in [6.07, 6.45) is 1.89. The van der Waals surface area contributed by atoms with Gasteiger partial charge < -0.3 is 14.4 Å². The fourth-order valence-electron chi connectivity index (χ4n) is 5.15. The molecule has 0 radical (unpaired) electrons. The molecule has 5 aromatic rings. The molecule has 3 heterocycles. The number of ether oxygens (including phenoxy) is 2. The maximum atomic E-state index is 6.18. The Hall–Kier alpha value is -4.10. The number of aryl methyl sites for hydroxylation is 1. The maximum absolute atomic E-state index is 6.18. The summed E-state index contributed by atoms with van der Waals surface area (Å²) in [5.41, 5.74) is 3.81. The predicted octanol–water partition coefficient (Wildman–Crippen LogP) is 5.07. The SMILES string of the molecule is COc1ccccc1-c1cnn2c(N3CCN(CCOc4cccc5ccccc45)CC3)cc(C)nc12. The third-order valence-electron chi connectivity index (χ3n) is 7.09. The van der Waals surface area contributed by atoms with Gasteiger partial charge in [-0.05, 0) is 24.4 Å². The summed E-state index contributed by atoms with van der Waals surface area (Å²) >= 11 is 0. The highest BCUT2D eigenvalue weighted by Crippen LogP contribution is 2.33. The van der Waals surface area contributed by atoms with E-state index in [1.54, 1.807) is 7.11 Å². The van der Waals surface area contributed by atoms with E-state index in [0.29, 0.717) is 6.61 Å². The summed E-state index contributed by atoms with van der Waals surface area (Å²) in [6.45, 7) is 7.43. The van der Waals surface area contributed by atoms with E-state index >= 15 is 0 Å². The maximum Gasteiger partial charge on any atom is 0.165 e. The van der Waals surface area contributed by atoms with Crippen LogP contribution in [0.5, 0.6) is 11.5 Å². The molecular weight excluding hydrogens is 462 g/mol. The Labute approximate surface area is 216 Å². The number of rotatable bonds is 7. The van der Waals surface area contributed by atoms with E-state index in [9.17, 15) is 0 Å². The minimum Gasteiger partial charge on any atom is -0.496 e. The van der Waals surface area contributed by atoms with E-state index in [2.05, 4.69) is 64.4 Å². The first-order valence-electron chi connectivity index (χ1n) is 12.8. The van der Waals surface area contributed by atoms with Gasteiger partial charge >= 0.3 is 0 Å². The van der Waals surface area contributed by atoms with Crippen LogP contribution in [0.2, 0.25) is 0 Å². The molecule has 7 nitrogen and oxygen atoms in total. The molecule has 0 saturated carbocycles. The molecule has 1 aliphatic heterocycles. The predicted molar refractivity (Wildman–Crippen MR) is 148 cm³/mol. The summed E-state index contributed by atoms with van der Waals surface area (Å²) in [5, 5.41) is 7.11. The van der Waals surface area contributed by atoms with Crippen molar-refractivity contribution in [3.05, 3.63) is 84.7 Å². The molecule has 0 unspecified atom stereocenters. The molecule has 0 spiro atoms. The largest absolute Gasteiger partial charge is 0.496 e. The number of para-hydroxylation sites is 1. The van der Waals surface area contributed by atoms with E-state index < -0.39 is 0 Å². The lowest BCUT2D eigenvalue weighted by Gasteiger charge is -2.36. The Morgan fingerprint density at radius 1 is 0.838 bits per heavy atom. The zero-order valence-corrected chi connectivity index (χ0v) is 21.3. The molecule has 0 N–H and O–H groups in total. The first kappa shape index (κ1) is 23.3. The third-order valence-corrected chi connectivity index (χ3v) is 7.09. The van der Waals surface area contributed by atoms with Crippen LogP contribution in [0.15, 0.2) is 79.0 Å². The van der Waals surface area contributed by atoms with Gasteiger partial charge in [-0.15, -0.1) is 0 Å². The van der Waals surface area contributed by atoms with Gasteiger partial charge in [0.2, 0.25) is 0 Å². The Balaban J connectivity index is 1.14. The number of benzene rings is 3. The van der Waals surface area contributed by atoms with Crippen molar-refractivity contribution < 1.29 is 9.47 Å². The summed E-state index contributed by atoms with van der Waals surface area (Å²) in [7, 11) is 1.70. The molecule has 3 aromatic carbocycles. The Bertz CT molecular complexity index is 1530. The highest BCUT2D eigenvalue weighted by Gasteiger charge is 2.22. The van der Waals surface area contributed by atoms with Crippen molar-refractivity contribution in [3.63, 3.8) is 0 Å². The molecule has 6 rings (SSSR count). The molecule has 0 atom stereocenters. The lowest BCUT2D eigenvalue weighted by Crippen LogP contribution is -2.48. The third kappa shape index (κ3) is 4.58. The van der Waals surface area contributed by atoms with Gasteiger partial charge in [0.25, 0.3) is 0 Å². The van der Waals surface area contributed by atoms with E-state index in [1.165, 1.54) is 10.8 Å². The molecule has 188 valence electrons. The molecule has 7 heteroatoms. The van der Waals surface area contributed by atoms with Crippen molar-refractivity contribution in [3.8, 4) is 22.6 Å². The molecule has 1 aliphatic rings. The number of hydrogen-bond acceptors (Lipinski definition) is 6. The minimum absolute atomic E-state index is 0.675. The second-order valence-electron chi connectivity index (χ2n) is 9.40. The standard InChI is InChI=1S/C30H31N5O2/c1-22-20-29(35-30(32-22)26(21-31-35)25-11-5-6-12-27(25)36-2)34-16-14-33(15-17-34)18-19-37-28-13-7-9-23-8-3-4-10-24(23)28/h3-13,20-21H,14-19H2,1-2H3. The van der Waals surface area contributed by atoms with Crippen molar-refractivity contribution in [1.82, 2.24) is 19.5 Å². The molecule has 0 bridgehead atoms. The fraction of sp³-hybridized carbons (Fsp3) is 0.267. The number of piperazine rings is 1. The van der Waals surface area contributed by atoms with E-state index in [-0.39, 0.29) is 0 Å². The first-order valence-corrected chi connectivity index (χ1v) is 12.8. The van der Waals surface area contributed by atoms with Gasteiger partial charge in [0.1, 0.15) is 23.9 Å². The van der Waals surface area contributed by atoms with Gasteiger partial charge in [-0.1, -0.05) is 54.6 Å². The van der Waals surface area contributed by atoms with Crippen LogP contribution in [0.4, 0.5) is 5.82 Å². The Morgan fingerprint density at radius 2 is 1.59 bits per heavy atom. The topological polar surface area (TPSA) is 55.1 Å². The zero-order chi connectivity index (χ0) is 25.2. The van der Waals surface area contributed by atoms with Crippen molar-refractivity contribution in [2.24, 2.45) is 0 Å². The molecule has 1 saturated heterocycles. The fourth-order valence-corrected chi connectivity index (χ4v) is 5.15. The monoisotopic (exact) mass is 493 g/mol. The lowest BCUT2D eigenvalue weighted by molar-refractivity contribution is 0.201. The molecule has 1 fully saturated rings. The van der Waals surface area contributed by atoms with E-state index in [1.807, 2.05) is 35.8 Å². The van der Waals surface area contributed by atoms with E-state index in [0.717, 1.165) is 72.5 Å². The van der Waals surface area contributed by atoms with Crippen molar-refractivity contribution in [2.45, 2.75) is 6.92 Å². The van der Waals surface area contributed by atoms with Gasteiger partial charge in [0.15, 0.2) is 5.65 Å². The van der Waals surface area contributed by atoms with Crippen molar-refractivity contribution in [2.75, 3.05) is 51.3 Å². The highest BCUT2D eigenvalue weighted by molar-refractivity contribution is 5.88. The molecule has 0 amide bonds. The average molecular weight is 494 g/mol. The molecular formula is C30H31N5O2. The number of hydrogen-bond donors (Lipinski definition) is 0. The Morgan fingerprint density at radius 3 is 2.46 bits per heavy atom. The van der Waals surface area contributed by atoms with Gasteiger partial charge in [-0.2, -0.15) is 9.61 Å². The summed E-state index contributed by atoms with van der Waals surface area (Å²) in [4.78, 5) is 9.71. The Kier molecular flexibility index (Phi) is 6.37. The van der Waals surface area contributed by atoms with Gasteiger partial charge in [-0.25, -0.2) is 4.98 Å². The smallest absolute Gasteiger partial charge is 0.165 e. The van der Waals surface area contributed by atoms with E-state index in [4.69, 9.17) is 19.6 Å². The molecule has 0 aliphatic carbocycles. The first-order chi connectivity index (χ1) is 18.2. The number of fused-ring (bicyclic) bond motifs is 2. The second kappa shape index (κ2) is 10.1. The lowest BCUT2D eigenvalue weighted by atomic mass is 10.1. The van der Waals surface area contributed by atoms with Crippen LogP contribution < -0.4 is 14.4 Å². The van der Waals surface area contributed by atoms with Crippen LogP contribution in [0.3, 0.4) is 0 Å². The van der Waals surface area contributed by atoms with Gasteiger partial charge in [0, 0.05) is 55.4 Å². The number of aromatic nitrogens is 3. The summed E-state index contributed by atoms with van der Waals surface area (Å²) < 4.78 is 13.7. The minimum atomic E-state index is 0.675. The summed E-state index contributed by atoms with van der Waals surface area (Å²) in [6, 6.07) is 24.8. The highest BCUT2D eigenvalue weighted by atomic mass is 16.5. The van der Waals surface area contributed by atoms with Crippen LogP contribution in [0.1, 0.15) is 5.69 Å². The number of nitrogens with zero attached hydrogens (tertiary/aromatic N) is 5. The number of methoxy groups -OCH3 is 1. The number of anilines is 1. The molecule has 2 aromatic heterocycles. The quantitative estimate of drug-likeness (QED) is 0.316. The van der Waals surface area contributed by atoms with Gasteiger partial charge in [0.05, 0.1) is 18.9 Å². The van der Waals surface area contributed by atoms with Crippen LogP contribution in [0, 0.1) is 6.92 Å². The summed E-state index contributed by atoms with van der Waals surface area (Å²) in [5.74, 6) is 2.85. The van der Waals surface area contributed by atoms with Crippen LogP contribution in [-0.4, -0.2) is 65.9 Å². The van der Waals surface area contributed by atoms with Crippen molar-refractivity contribution >= 4 is 22.2 Å². The van der Waals surface area contributed by atoms with Crippen LogP contribution in [-0.2, 0) is 0 Å². The average Bonchev–Trinajstić information content (AvgIpc) is 3.36. The van der Waals surface area contributed by atoms with Crippen LogP contribution >= 0.6 is 0 Å². The normalized spacial score (nSPS) is 14.4. The second-order valence-corrected chi connectivity index (χ2v) is 9.40. The van der Waals surface area contributed by atoms with Gasteiger partial charge in [-0.3, -0.25) is 4.90 Å². The van der Waals surface area contributed by atoms with Crippen LogP contribution in [0.25, 0.3) is 27.5 Å².